The molecule has 1 amide bonds. The number of aryl methyl sites for hydroxylation is 1. The molecule has 9 heteroatoms. The molecule has 1 aliphatic rings. The molecule has 1 N–H and O–H groups in total. The van der Waals surface area contributed by atoms with Crippen LogP contribution in [0.2, 0.25) is 5.02 Å². The van der Waals surface area contributed by atoms with E-state index < -0.39 is 35.1 Å². The number of anilines is 1. The summed E-state index contributed by atoms with van der Waals surface area (Å²) in [4.78, 5) is 27.5. The van der Waals surface area contributed by atoms with Gasteiger partial charge >= 0.3 is 0 Å². The maximum atomic E-state index is 14.1. The molecular weight excluding hydrogens is 480 g/mol. The molecular formula is C26H20ClF2NO5. The first-order valence-electron chi connectivity index (χ1n) is 10.4. The summed E-state index contributed by atoms with van der Waals surface area (Å²) in [6.07, 6.45) is 0. The normalized spacial score (nSPS) is 17.1. The first-order chi connectivity index (χ1) is 16.7. The van der Waals surface area contributed by atoms with Gasteiger partial charge in [0, 0.05) is 17.8 Å². The van der Waals surface area contributed by atoms with E-state index in [4.69, 9.17) is 21.1 Å². The van der Waals surface area contributed by atoms with Gasteiger partial charge in [0.25, 0.3) is 11.7 Å². The van der Waals surface area contributed by atoms with E-state index in [-0.39, 0.29) is 33.3 Å². The maximum absolute atomic E-state index is 14.1. The fourth-order valence-corrected chi connectivity index (χ4v) is 4.35. The Morgan fingerprint density at radius 2 is 1.66 bits per heavy atom. The van der Waals surface area contributed by atoms with E-state index in [0.717, 1.165) is 17.0 Å². The van der Waals surface area contributed by atoms with Crippen molar-refractivity contribution in [2.75, 3.05) is 19.1 Å². The quantitative estimate of drug-likeness (QED) is 0.282. The smallest absolute Gasteiger partial charge is 0.300 e. The van der Waals surface area contributed by atoms with Gasteiger partial charge in [-0.1, -0.05) is 35.9 Å². The zero-order valence-electron chi connectivity index (χ0n) is 18.9. The summed E-state index contributed by atoms with van der Waals surface area (Å²) < 4.78 is 38.3. The molecule has 1 aliphatic heterocycles. The van der Waals surface area contributed by atoms with Crippen LogP contribution in [0.5, 0.6) is 11.5 Å². The summed E-state index contributed by atoms with van der Waals surface area (Å²) in [6.45, 7) is 1.77. The topological polar surface area (TPSA) is 76.1 Å². The van der Waals surface area contributed by atoms with Gasteiger partial charge in [-0.2, -0.15) is 0 Å². The molecule has 6 nitrogen and oxygen atoms in total. The molecule has 1 unspecified atom stereocenters. The Balaban J connectivity index is 2.02. The Kier molecular flexibility index (Phi) is 6.49. The molecule has 180 valence electrons. The second kappa shape index (κ2) is 9.38. The van der Waals surface area contributed by atoms with Crippen LogP contribution in [-0.4, -0.2) is 31.0 Å². The van der Waals surface area contributed by atoms with Gasteiger partial charge in [0.05, 0.1) is 36.4 Å². The van der Waals surface area contributed by atoms with Crippen LogP contribution < -0.4 is 14.4 Å². The lowest BCUT2D eigenvalue weighted by molar-refractivity contribution is -0.132. The van der Waals surface area contributed by atoms with E-state index >= 15 is 0 Å². The third-order valence-electron chi connectivity index (χ3n) is 5.84. The van der Waals surface area contributed by atoms with Gasteiger partial charge in [-0.15, -0.1) is 0 Å². The Morgan fingerprint density at radius 3 is 2.29 bits per heavy atom. The minimum absolute atomic E-state index is 0.0435. The minimum Gasteiger partial charge on any atom is -0.507 e. The van der Waals surface area contributed by atoms with Gasteiger partial charge in [-0.05, 0) is 36.2 Å². The predicted octanol–water partition coefficient (Wildman–Crippen LogP) is 5.57. The number of nitrogens with zero attached hydrogens (tertiary/aromatic N) is 1. The zero-order chi connectivity index (χ0) is 25.4. The van der Waals surface area contributed by atoms with Crippen molar-refractivity contribution in [3.05, 3.63) is 93.5 Å². The van der Waals surface area contributed by atoms with Crippen molar-refractivity contribution in [1.82, 2.24) is 0 Å². The van der Waals surface area contributed by atoms with E-state index in [2.05, 4.69) is 0 Å². The summed E-state index contributed by atoms with van der Waals surface area (Å²) in [6, 6.07) is 11.5. The molecule has 0 radical (unpaired) electrons. The second-order valence-electron chi connectivity index (χ2n) is 7.81. The number of ketones is 1. The first kappa shape index (κ1) is 24.2. The van der Waals surface area contributed by atoms with E-state index in [0.29, 0.717) is 11.1 Å². The number of hydrogen-bond acceptors (Lipinski definition) is 5. The number of aliphatic hydroxyl groups excluding tert-OH is 1. The third-order valence-corrected chi connectivity index (χ3v) is 6.13. The molecule has 1 heterocycles. The number of methoxy groups -OCH3 is 2. The maximum Gasteiger partial charge on any atom is 0.300 e. The number of hydrogen-bond donors (Lipinski definition) is 1. The van der Waals surface area contributed by atoms with Crippen molar-refractivity contribution in [2.24, 2.45) is 0 Å². The van der Waals surface area contributed by atoms with E-state index in [1.165, 1.54) is 32.4 Å². The standard InChI is InChI=1S/C26H20ClF2NO5/c1-13-6-4-5-7-15(13)23-22(24(31)16-11-17(27)21(35-3)12-20(16)34-2)25(32)26(33)30(23)14-8-9-18(28)19(29)10-14/h4-12,23,31H,1-3H3/b24-22+. The molecule has 1 fully saturated rings. The molecule has 1 saturated heterocycles. The van der Waals surface area contributed by atoms with Crippen molar-refractivity contribution in [3.8, 4) is 11.5 Å². The van der Waals surface area contributed by atoms with E-state index in [1.54, 1.807) is 31.2 Å². The average molecular weight is 500 g/mol. The molecule has 3 aromatic rings. The van der Waals surface area contributed by atoms with Crippen molar-refractivity contribution in [2.45, 2.75) is 13.0 Å². The summed E-state index contributed by atoms with van der Waals surface area (Å²) in [5.41, 5.74) is 0.973. The summed E-state index contributed by atoms with van der Waals surface area (Å²) in [5.74, 6) is -4.42. The van der Waals surface area contributed by atoms with Crippen molar-refractivity contribution < 1.29 is 33.0 Å². The number of rotatable bonds is 5. The van der Waals surface area contributed by atoms with Crippen molar-refractivity contribution in [1.29, 1.82) is 0 Å². The fraction of sp³-hybridized carbons (Fsp3) is 0.154. The van der Waals surface area contributed by atoms with Gasteiger partial charge in [-0.3, -0.25) is 14.5 Å². The SMILES string of the molecule is COc1cc(OC)c(/C(O)=C2\C(=O)C(=O)N(c3ccc(F)c(F)c3)C2c2ccccc2C)cc1Cl. The third kappa shape index (κ3) is 4.10. The molecule has 1 atom stereocenters. The Bertz CT molecular complexity index is 1390. The first-order valence-corrected chi connectivity index (χ1v) is 10.8. The van der Waals surface area contributed by atoms with Crippen LogP contribution in [0, 0.1) is 18.6 Å². The summed E-state index contributed by atoms with van der Waals surface area (Å²) in [5, 5.41) is 11.5. The largest absolute Gasteiger partial charge is 0.507 e. The second-order valence-corrected chi connectivity index (χ2v) is 8.22. The fourth-order valence-electron chi connectivity index (χ4n) is 4.11. The number of aliphatic hydroxyl groups is 1. The molecule has 0 aliphatic carbocycles. The lowest BCUT2D eigenvalue weighted by Crippen LogP contribution is -2.30. The number of ether oxygens (including phenoxy) is 2. The van der Waals surface area contributed by atoms with Gasteiger partial charge in [-0.25, -0.2) is 8.78 Å². The summed E-state index contributed by atoms with van der Waals surface area (Å²) in [7, 11) is 2.77. The predicted molar refractivity (Wildman–Crippen MR) is 127 cm³/mol. The van der Waals surface area contributed by atoms with Crippen LogP contribution in [0.25, 0.3) is 5.76 Å². The minimum atomic E-state index is -1.18. The Morgan fingerprint density at radius 1 is 0.971 bits per heavy atom. The zero-order valence-corrected chi connectivity index (χ0v) is 19.7. The lowest BCUT2D eigenvalue weighted by atomic mass is 9.92. The van der Waals surface area contributed by atoms with Gasteiger partial charge in [0.15, 0.2) is 11.6 Å². The van der Waals surface area contributed by atoms with Crippen molar-refractivity contribution >= 4 is 34.7 Å². The number of carbonyl (C=O) groups excluding carboxylic acids is 2. The van der Waals surface area contributed by atoms with Crippen LogP contribution in [0.4, 0.5) is 14.5 Å². The highest BCUT2D eigenvalue weighted by atomic mass is 35.5. The van der Waals surface area contributed by atoms with E-state index in [1.807, 2.05) is 0 Å². The molecule has 3 aromatic carbocycles. The van der Waals surface area contributed by atoms with Crippen molar-refractivity contribution in [3.63, 3.8) is 0 Å². The number of Topliss-reactive ketones (excluding diaryl/α,β-unsaturated/α-hetero) is 1. The van der Waals surface area contributed by atoms with Crippen LogP contribution in [0.1, 0.15) is 22.7 Å². The highest BCUT2D eigenvalue weighted by Crippen LogP contribution is 2.45. The number of benzene rings is 3. The Labute approximate surface area is 205 Å². The molecule has 0 spiro atoms. The van der Waals surface area contributed by atoms with Crippen LogP contribution in [0.15, 0.2) is 60.2 Å². The van der Waals surface area contributed by atoms with Gasteiger partial charge < -0.3 is 14.6 Å². The van der Waals surface area contributed by atoms with Crippen LogP contribution in [0.3, 0.4) is 0 Å². The highest BCUT2D eigenvalue weighted by Gasteiger charge is 2.47. The van der Waals surface area contributed by atoms with E-state index in [9.17, 15) is 23.5 Å². The number of amides is 1. The average Bonchev–Trinajstić information content (AvgIpc) is 3.10. The monoisotopic (exact) mass is 499 g/mol. The van der Waals surface area contributed by atoms with Crippen LogP contribution >= 0.6 is 11.6 Å². The summed E-state index contributed by atoms with van der Waals surface area (Å²) >= 11 is 6.26. The molecule has 0 aromatic heterocycles. The molecule has 0 saturated carbocycles. The lowest BCUT2D eigenvalue weighted by Gasteiger charge is -2.27. The number of carbonyl (C=O) groups is 2. The van der Waals surface area contributed by atoms with Crippen LogP contribution in [-0.2, 0) is 9.59 Å². The molecule has 4 rings (SSSR count). The molecule has 0 bridgehead atoms. The Hall–Kier alpha value is -3.91. The number of halogens is 3. The van der Waals surface area contributed by atoms with Gasteiger partial charge in [0.2, 0.25) is 0 Å². The molecule has 35 heavy (non-hydrogen) atoms. The van der Waals surface area contributed by atoms with Gasteiger partial charge in [0.1, 0.15) is 17.3 Å². The highest BCUT2D eigenvalue weighted by molar-refractivity contribution is 6.51.